The summed E-state index contributed by atoms with van der Waals surface area (Å²) in [6.45, 7) is 0.487. The SMILES string of the molecule is COc1nc(C2CCCC2)ccc1CN. The van der Waals surface area contributed by atoms with E-state index in [1.807, 2.05) is 6.07 Å². The summed E-state index contributed by atoms with van der Waals surface area (Å²) in [7, 11) is 1.65. The Morgan fingerprint density at radius 3 is 2.73 bits per heavy atom. The number of hydrogen-bond donors (Lipinski definition) is 1. The van der Waals surface area contributed by atoms with Gasteiger partial charge >= 0.3 is 0 Å². The number of nitrogens with zero attached hydrogens (tertiary/aromatic N) is 1. The Morgan fingerprint density at radius 1 is 1.40 bits per heavy atom. The van der Waals surface area contributed by atoms with Gasteiger partial charge in [0.2, 0.25) is 5.88 Å². The summed E-state index contributed by atoms with van der Waals surface area (Å²) in [6.07, 6.45) is 5.18. The van der Waals surface area contributed by atoms with Gasteiger partial charge in [-0.2, -0.15) is 0 Å². The molecule has 1 saturated carbocycles. The molecule has 82 valence electrons. The van der Waals surface area contributed by atoms with Gasteiger partial charge < -0.3 is 10.5 Å². The summed E-state index contributed by atoms with van der Waals surface area (Å²) in [4.78, 5) is 4.54. The van der Waals surface area contributed by atoms with E-state index in [9.17, 15) is 0 Å². The number of ether oxygens (including phenoxy) is 1. The average molecular weight is 206 g/mol. The molecule has 3 heteroatoms. The molecular weight excluding hydrogens is 188 g/mol. The third kappa shape index (κ3) is 2.12. The van der Waals surface area contributed by atoms with Gasteiger partial charge in [-0.1, -0.05) is 18.9 Å². The van der Waals surface area contributed by atoms with Gasteiger partial charge in [-0.15, -0.1) is 0 Å². The summed E-state index contributed by atoms with van der Waals surface area (Å²) < 4.78 is 5.25. The quantitative estimate of drug-likeness (QED) is 0.824. The van der Waals surface area contributed by atoms with Crippen LogP contribution in [0.25, 0.3) is 0 Å². The van der Waals surface area contributed by atoms with Crippen molar-refractivity contribution in [2.24, 2.45) is 5.73 Å². The highest BCUT2D eigenvalue weighted by atomic mass is 16.5. The number of pyridine rings is 1. The minimum Gasteiger partial charge on any atom is -0.481 e. The third-order valence-corrected chi connectivity index (χ3v) is 3.15. The van der Waals surface area contributed by atoms with E-state index in [1.165, 1.54) is 31.4 Å². The molecule has 1 aliphatic carbocycles. The summed E-state index contributed by atoms with van der Waals surface area (Å²) in [6, 6.07) is 4.14. The van der Waals surface area contributed by atoms with Crippen molar-refractivity contribution in [1.82, 2.24) is 4.98 Å². The summed E-state index contributed by atoms with van der Waals surface area (Å²) >= 11 is 0. The summed E-state index contributed by atoms with van der Waals surface area (Å²) in [5.74, 6) is 1.33. The first-order valence-corrected chi connectivity index (χ1v) is 5.59. The molecular formula is C12H18N2O. The van der Waals surface area contributed by atoms with Crippen LogP contribution in [0.3, 0.4) is 0 Å². The lowest BCUT2D eigenvalue weighted by atomic mass is 10.0. The molecule has 1 aromatic heterocycles. The maximum absolute atomic E-state index is 5.61. The van der Waals surface area contributed by atoms with Gasteiger partial charge in [-0.25, -0.2) is 4.98 Å². The molecule has 1 aliphatic rings. The van der Waals surface area contributed by atoms with Crippen molar-refractivity contribution in [3.05, 3.63) is 23.4 Å². The van der Waals surface area contributed by atoms with Crippen LogP contribution in [0.2, 0.25) is 0 Å². The molecule has 3 nitrogen and oxygen atoms in total. The number of rotatable bonds is 3. The predicted molar refractivity (Wildman–Crippen MR) is 59.9 cm³/mol. The third-order valence-electron chi connectivity index (χ3n) is 3.15. The van der Waals surface area contributed by atoms with Gasteiger partial charge in [0, 0.05) is 23.7 Å². The molecule has 0 bridgehead atoms. The Labute approximate surface area is 90.7 Å². The van der Waals surface area contributed by atoms with Crippen LogP contribution in [-0.4, -0.2) is 12.1 Å². The zero-order valence-electron chi connectivity index (χ0n) is 9.20. The fraction of sp³-hybridized carbons (Fsp3) is 0.583. The predicted octanol–water partition coefficient (Wildman–Crippen LogP) is 2.21. The van der Waals surface area contributed by atoms with E-state index in [1.54, 1.807) is 7.11 Å². The van der Waals surface area contributed by atoms with E-state index < -0.39 is 0 Å². The lowest BCUT2D eigenvalue weighted by molar-refractivity contribution is 0.389. The number of nitrogens with two attached hydrogens (primary N) is 1. The second-order valence-corrected chi connectivity index (χ2v) is 4.09. The van der Waals surface area contributed by atoms with Crippen LogP contribution < -0.4 is 10.5 Å². The van der Waals surface area contributed by atoms with Crippen LogP contribution in [0.1, 0.15) is 42.9 Å². The molecule has 2 N–H and O–H groups in total. The second-order valence-electron chi connectivity index (χ2n) is 4.09. The number of methoxy groups -OCH3 is 1. The lowest BCUT2D eigenvalue weighted by Gasteiger charge is -2.12. The average Bonchev–Trinajstić information content (AvgIpc) is 2.81. The Kier molecular flexibility index (Phi) is 3.21. The Balaban J connectivity index is 2.25. The van der Waals surface area contributed by atoms with Crippen molar-refractivity contribution in [2.45, 2.75) is 38.1 Å². The largest absolute Gasteiger partial charge is 0.481 e. The first-order valence-electron chi connectivity index (χ1n) is 5.59. The molecule has 0 unspecified atom stereocenters. The molecule has 0 spiro atoms. The number of hydrogen-bond acceptors (Lipinski definition) is 3. The van der Waals surface area contributed by atoms with Crippen LogP contribution >= 0.6 is 0 Å². The van der Waals surface area contributed by atoms with Crippen molar-refractivity contribution in [3.8, 4) is 5.88 Å². The molecule has 0 aromatic carbocycles. The van der Waals surface area contributed by atoms with Crippen molar-refractivity contribution >= 4 is 0 Å². The molecule has 1 fully saturated rings. The maximum atomic E-state index is 5.61. The smallest absolute Gasteiger partial charge is 0.217 e. The molecule has 1 aromatic rings. The van der Waals surface area contributed by atoms with Crippen LogP contribution in [-0.2, 0) is 6.54 Å². The van der Waals surface area contributed by atoms with Gasteiger partial charge in [0.25, 0.3) is 0 Å². The van der Waals surface area contributed by atoms with E-state index >= 15 is 0 Å². The normalized spacial score (nSPS) is 16.9. The zero-order chi connectivity index (χ0) is 10.7. The van der Waals surface area contributed by atoms with Gasteiger partial charge in [0.05, 0.1) is 7.11 Å². The van der Waals surface area contributed by atoms with Gasteiger partial charge in [0.1, 0.15) is 0 Å². The van der Waals surface area contributed by atoms with E-state index in [4.69, 9.17) is 10.5 Å². The Hall–Kier alpha value is -1.09. The molecule has 0 saturated heterocycles. The molecule has 0 amide bonds. The van der Waals surface area contributed by atoms with Crippen molar-refractivity contribution < 1.29 is 4.74 Å². The van der Waals surface area contributed by atoms with E-state index in [-0.39, 0.29) is 0 Å². The maximum Gasteiger partial charge on any atom is 0.217 e. The number of aromatic nitrogens is 1. The van der Waals surface area contributed by atoms with Crippen LogP contribution in [0.5, 0.6) is 5.88 Å². The minimum atomic E-state index is 0.487. The highest BCUT2D eigenvalue weighted by molar-refractivity contribution is 5.29. The fourth-order valence-corrected chi connectivity index (χ4v) is 2.26. The standard InChI is InChI=1S/C12H18N2O/c1-15-12-10(8-13)6-7-11(14-12)9-4-2-3-5-9/h6-7,9H,2-5,8,13H2,1H3. The molecule has 0 aliphatic heterocycles. The van der Waals surface area contributed by atoms with Crippen molar-refractivity contribution in [3.63, 3.8) is 0 Å². The first kappa shape index (κ1) is 10.4. The second kappa shape index (κ2) is 4.62. The summed E-state index contributed by atoms with van der Waals surface area (Å²) in [5, 5.41) is 0. The Morgan fingerprint density at radius 2 is 2.13 bits per heavy atom. The monoisotopic (exact) mass is 206 g/mol. The zero-order valence-corrected chi connectivity index (χ0v) is 9.20. The highest BCUT2D eigenvalue weighted by Crippen LogP contribution is 2.34. The molecule has 0 atom stereocenters. The van der Waals surface area contributed by atoms with Gasteiger partial charge in [0.15, 0.2) is 0 Å². The van der Waals surface area contributed by atoms with Gasteiger partial charge in [-0.05, 0) is 18.9 Å². The lowest BCUT2D eigenvalue weighted by Crippen LogP contribution is -2.05. The summed E-state index contributed by atoms with van der Waals surface area (Å²) in [5.41, 5.74) is 7.76. The van der Waals surface area contributed by atoms with Crippen molar-refractivity contribution in [1.29, 1.82) is 0 Å². The first-order chi connectivity index (χ1) is 7.35. The van der Waals surface area contributed by atoms with Crippen LogP contribution in [0, 0.1) is 0 Å². The molecule has 2 rings (SSSR count). The highest BCUT2D eigenvalue weighted by Gasteiger charge is 2.19. The Bertz CT molecular complexity index is 332. The van der Waals surface area contributed by atoms with E-state index in [0.29, 0.717) is 18.3 Å². The van der Waals surface area contributed by atoms with Crippen LogP contribution in [0.4, 0.5) is 0 Å². The topological polar surface area (TPSA) is 48.1 Å². The van der Waals surface area contributed by atoms with E-state index in [0.717, 1.165) is 5.56 Å². The molecule has 15 heavy (non-hydrogen) atoms. The minimum absolute atomic E-state index is 0.487. The van der Waals surface area contributed by atoms with E-state index in [2.05, 4.69) is 11.1 Å². The molecule has 1 heterocycles. The fourth-order valence-electron chi connectivity index (χ4n) is 2.26. The van der Waals surface area contributed by atoms with Crippen LogP contribution in [0.15, 0.2) is 12.1 Å². The van der Waals surface area contributed by atoms with Crippen molar-refractivity contribution in [2.75, 3.05) is 7.11 Å². The molecule has 0 radical (unpaired) electrons. The van der Waals surface area contributed by atoms with Gasteiger partial charge in [-0.3, -0.25) is 0 Å².